The van der Waals surface area contributed by atoms with Crippen LogP contribution in [-0.2, 0) is 10.0 Å². The van der Waals surface area contributed by atoms with Crippen molar-refractivity contribution in [3.63, 3.8) is 0 Å². The Morgan fingerprint density at radius 1 is 1.07 bits per heavy atom. The van der Waals surface area contributed by atoms with Crippen molar-refractivity contribution in [1.82, 2.24) is 14.8 Å². The Kier molecular flexibility index (Phi) is 5.07. The number of aromatic nitrogens is 3. The summed E-state index contributed by atoms with van der Waals surface area (Å²) in [6, 6.07) is 10.2. The molecule has 1 aromatic heterocycles. The van der Waals surface area contributed by atoms with Crippen LogP contribution in [0.15, 0.2) is 47.4 Å². The first-order chi connectivity index (χ1) is 12.7. The monoisotopic (exact) mass is 426 g/mol. The minimum Gasteiger partial charge on any atom is -0.368 e. The van der Waals surface area contributed by atoms with Crippen LogP contribution in [0.25, 0.3) is 0 Å². The van der Waals surface area contributed by atoms with Crippen LogP contribution in [0.1, 0.15) is 10.4 Å². The van der Waals surface area contributed by atoms with Crippen LogP contribution in [0.3, 0.4) is 0 Å². The minimum atomic E-state index is -3.80. The number of rotatable bonds is 4. The van der Waals surface area contributed by atoms with Crippen molar-refractivity contribution < 1.29 is 13.2 Å². The van der Waals surface area contributed by atoms with Crippen LogP contribution >= 0.6 is 23.2 Å². The highest BCUT2D eigenvalue weighted by Gasteiger charge is 2.21. The second-order valence-electron chi connectivity index (χ2n) is 5.30. The molecule has 0 atom stereocenters. The van der Waals surface area contributed by atoms with Gasteiger partial charge in [-0.15, -0.1) is 5.10 Å². The van der Waals surface area contributed by atoms with Gasteiger partial charge < -0.3 is 11.1 Å². The lowest BCUT2D eigenvalue weighted by Gasteiger charge is -2.06. The van der Waals surface area contributed by atoms with Crippen molar-refractivity contribution in [1.29, 1.82) is 0 Å². The van der Waals surface area contributed by atoms with Crippen molar-refractivity contribution in [3.8, 4) is 0 Å². The summed E-state index contributed by atoms with van der Waals surface area (Å²) < 4.78 is 23.4. The smallest absolute Gasteiger partial charge is 0.284 e. The van der Waals surface area contributed by atoms with Crippen molar-refractivity contribution in [2.24, 2.45) is 5.14 Å². The highest BCUT2D eigenvalue weighted by Crippen LogP contribution is 2.26. The molecule has 0 saturated carbocycles. The summed E-state index contributed by atoms with van der Waals surface area (Å²) in [6.45, 7) is 0. The SMILES string of the molecule is Nc1nc(Nc2ccc(S(N)(=O)=O)cc2)nn1C(=O)c1c(Cl)cccc1Cl. The summed E-state index contributed by atoms with van der Waals surface area (Å²) in [4.78, 5) is 16.5. The maximum atomic E-state index is 12.6. The van der Waals surface area contributed by atoms with E-state index in [0.29, 0.717) is 5.69 Å². The van der Waals surface area contributed by atoms with E-state index in [9.17, 15) is 13.2 Å². The molecular weight excluding hydrogens is 415 g/mol. The zero-order valence-corrected chi connectivity index (χ0v) is 15.8. The van der Waals surface area contributed by atoms with E-state index in [1.807, 2.05) is 0 Å². The fraction of sp³-hybridized carbons (Fsp3) is 0. The van der Waals surface area contributed by atoms with Crippen molar-refractivity contribution >= 4 is 56.7 Å². The Morgan fingerprint density at radius 3 is 2.22 bits per heavy atom. The Balaban J connectivity index is 1.88. The maximum absolute atomic E-state index is 12.6. The van der Waals surface area contributed by atoms with Crippen molar-refractivity contribution in [3.05, 3.63) is 58.1 Å². The Labute approximate surface area is 163 Å². The van der Waals surface area contributed by atoms with E-state index in [1.165, 1.54) is 36.4 Å². The first kappa shape index (κ1) is 19.1. The van der Waals surface area contributed by atoms with Gasteiger partial charge in [0.15, 0.2) is 0 Å². The summed E-state index contributed by atoms with van der Waals surface area (Å²) >= 11 is 12.1. The van der Waals surface area contributed by atoms with Crippen LogP contribution in [-0.4, -0.2) is 29.1 Å². The van der Waals surface area contributed by atoms with Gasteiger partial charge >= 0.3 is 0 Å². The average molecular weight is 427 g/mol. The summed E-state index contributed by atoms with van der Waals surface area (Å²) in [5.74, 6) is -0.805. The lowest BCUT2D eigenvalue weighted by atomic mass is 10.2. The predicted octanol–water partition coefficient (Wildman–Crippen LogP) is 2.25. The van der Waals surface area contributed by atoms with E-state index in [1.54, 1.807) is 6.07 Å². The number of nitrogens with one attached hydrogen (secondary N) is 1. The van der Waals surface area contributed by atoms with Crippen molar-refractivity contribution in [2.45, 2.75) is 4.90 Å². The zero-order valence-electron chi connectivity index (χ0n) is 13.4. The number of hydrogen-bond acceptors (Lipinski definition) is 7. The molecule has 0 radical (unpaired) electrons. The van der Waals surface area contributed by atoms with Crippen LogP contribution in [0, 0.1) is 0 Å². The molecule has 0 unspecified atom stereocenters. The van der Waals surface area contributed by atoms with E-state index < -0.39 is 15.9 Å². The Bertz CT molecular complexity index is 1110. The molecule has 3 rings (SSSR count). The number of carbonyl (C=O) groups excluding carboxylic acids is 1. The lowest BCUT2D eigenvalue weighted by Crippen LogP contribution is -2.17. The molecule has 140 valence electrons. The normalized spacial score (nSPS) is 11.4. The summed E-state index contributed by atoms with van der Waals surface area (Å²) in [6.07, 6.45) is 0. The minimum absolute atomic E-state index is 0.0207. The number of carbonyl (C=O) groups is 1. The molecule has 0 fully saturated rings. The molecule has 3 aromatic rings. The van der Waals surface area contributed by atoms with Gasteiger partial charge in [-0.05, 0) is 36.4 Å². The molecule has 5 N–H and O–H groups in total. The van der Waals surface area contributed by atoms with Crippen LogP contribution in [0.4, 0.5) is 17.6 Å². The van der Waals surface area contributed by atoms with Crippen molar-refractivity contribution in [2.75, 3.05) is 11.1 Å². The highest BCUT2D eigenvalue weighted by molar-refractivity contribution is 7.89. The first-order valence-corrected chi connectivity index (χ1v) is 9.58. The molecule has 1 heterocycles. The van der Waals surface area contributed by atoms with Gasteiger partial charge in [-0.25, -0.2) is 13.6 Å². The zero-order chi connectivity index (χ0) is 19.8. The number of halogens is 2. The third kappa shape index (κ3) is 4.03. The molecule has 0 aliphatic heterocycles. The summed E-state index contributed by atoms with van der Waals surface area (Å²) in [5.41, 5.74) is 6.27. The van der Waals surface area contributed by atoms with Gasteiger partial charge in [0.25, 0.3) is 5.91 Å². The van der Waals surface area contributed by atoms with E-state index >= 15 is 0 Å². The summed E-state index contributed by atoms with van der Waals surface area (Å²) in [5, 5.41) is 12.1. The fourth-order valence-corrected chi connectivity index (χ4v) is 3.27. The number of nitrogen functional groups attached to an aromatic ring is 1. The second kappa shape index (κ2) is 7.16. The molecule has 27 heavy (non-hydrogen) atoms. The number of sulfonamides is 1. The van der Waals surface area contributed by atoms with Gasteiger partial charge in [0.1, 0.15) is 0 Å². The molecule has 0 amide bonds. The van der Waals surface area contributed by atoms with E-state index in [2.05, 4.69) is 15.4 Å². The number of nitrogens with zero attached hydrogens (tertiary/aromatic N) is 3. The summed E-state index contributed by atoms with van der Waals surface area (Å²) in [7, 11) is -3.80. The third-order valence-corrected chi connectivity index (χ3v) is 5.00. The van der Waals surface area contributed by atoms with Gasteiger partial charge in [-0.1, -0.05) is 29.3 Å². The second-order valence-corrected chi connectivity index (χ2v) is 7.68. The fourth-order valence-electron chi connectivity index (χ4n) is 2.19. The van der Waals surface area contributed by atoms with Gasteiger partial charge in [-0.2, -0.15) is 9.67 Å². The molecule has 0 aliphatic rings. The number of hydrogen-bond donors (Lipinski definition) is 3. The molecule has 2 aromatic carbocycles. The van der Waals surface area contributed by atoms with E-state index in [4.69, 9.17) is 34.1 Å². The topological polar surface area (TPSA) is 146 Å². The Morgan fingerprint density at radius 2 is 1.67 bits per heavy atom. The molecule has 0 bridgehead atoms. The van der Waals surface area contributed by atoms with Gasteiger partial charge in [-0.3, -0.25) is 4.79 Å². The van der Waals surface area contributed by atoms with Gasteiger partial charge in [0, 0.05) is 5.69 Å². The number of anilines is 3. The third-order valence-electron chi connectivity index (χ3n) is 3.44. The quantitative estimate of drug-likeness (QED) is 0.579. The maximum Gasteiger partial charge on any atom is 0.284 e. The molecule has 12 heteroatoms. The average Bonchev–Trinajstić information content (AvgIpc) is 2.94. The lowest BCUT2D eigenvalue weighted by molar-refractivity contribution is 0.0948. The first-order valence-electron chi connectivity index (χ1n) is 7.28. The largest absolute Gasteiger partial charge is 0.368 e. The van der Waals surface area contributed by atoms with Crippen LogP contribution in [0.5, 0.6) is 0 Å². The molecule has 0 saturated heterocycles. The predicted molar refractivity (Wildman–Crippen MR) is 102 cm³/mol. The van der Waals surface area contributed by atoms with Gasteiger partial charge in [0.05, 0.1) is 20.5 Å². The number of benzene rings is 2. The van der Waals surface area contributed by atoms with E-state index in [0.717, 1.165) is 4.68 Å². The standard InChI is InChI=1S/C15H12Cl2N6O3S/c16-10-2-1-3-11(17)12(10)13(24)23-14(18)21-15(22-23)20-8-4-6-9(7-5-8)27(19,25)26/h1-7H,(H2,19,25,26)(H3,18,20,21,22). The van der Waals surface area contributed by atoms with Crippen LogP contribution < -0.4 is 16.2 Å². The number of primary sulfonamides is 1. The highest BCUT2D eigenvalue weighted by atomic mass is 35.5. The Hall–Kier alpha value is -2.66. The van der Waals surface area contributed by atoms with Crippen LogP contribution in [0.2, 0.25) is 10.0 Å². The molecule has 9 nitrogen and oxygen atoms in total. The number of nitrogens with two attached hydrogens (primary N) is 2. The molecular formula is C15H12Cl2N6O3S. The van der Waals surface area contributed by atoms with Gasteiger partial charge in [0.2, 0.25) is 21.9 Å². The molecule has 0 aliphatic carbocycles. The van der Waals surface area contributed by atoms with E-state index in [-0.39, 0.29) is 32.4 Å². The molecule has 0 spiro atoms.